The van der Waals surface area contributed by atoms with Crippen LogP contribution in [0, 0.1) is 6.92 Å². The van der Waals surface area contributed by atoms with E-state index in [1.165, 1.54) is 5.56 Å². The molecule has 0 aliphatic carbocycles. The Labute approximate surface area is 204 Å². The van der Waals surface area contributed by atoms with Gasteiger partial charge in [-0.3, -0.25) is 4.99 Å². The first-order chi connectivity index (χ1) is 14.6. The molecule has 0 bridgehead atoms. The first-order valence-corrected chi connectivity index (χ1v) is 10.1. The van der Waals surface area contributed by atoms with Crippen molar-refractivity contribution in [1.29, 1.82) is 0 Å². The molecule has 0 spiro atoms. The molecule has 0 atom stereocenters. The van der Waals surface area contributed by atoms with Gasteiger partial charge in [0.2, 0.25) is 11.7 Å². The van der Waals surface area contributed by atoms with Crippen LogP contribution in [0.5, 0.6) is 5.75 Å². The molecule has 166 valence electrons. The topological polar surface area (TPSA) is 84.6 Å². The molecule has 0 unspecified atom stereocenters. The molecule has 0 amide bonds. The number of halogens is 2. The van der Waals surface area contributed by atoms with E-state index in [9.17, 15) is 0 Å². The van der Waals surface area contributed by atoms with E-state index in [0.29, 0.717) is 29.7 Å². The molecule has 0 saturated heterocycles. The van der Waals surface area contributed by atoms with Crippen molar-refractivity contribution in [3.63, 3.8) is 0 Å². The highest BCUT2D eigenvalue weighted by atomic mass is 127. The molecule has 2 N–H and O–H groups in total. The van der Waals surface area contributed by atoms with Gasteiger partial charge in [-0.25, -0.2) is 0 Å². The fourth-order valence-corrected chi connectivity index (χ4v) is 3.05. The fraction of sp³-hybridized carbons (Fsp3) is 0.318. The third-order valence-electron chi connectivity index (χ3n) is 4.60. The summed E-state index contributed by atoms with van der Waals surface area (Å²) >= 11 is 5.91. The summed E-state index contributed by atoms with van der Waals surface area (Å²) in [6.45, 7) is 3.42. The minimum absolute atomic E-state index is 0. The van der Waals surface area contributed by atoms with Crippen LogP contribution in [-0.4, -0.2) is 43.3 Å². The lowest BCUT2D eigenvalue weighted by molar-refractivity contribution is 0.378. The summed E-state index contributed by atoms with van der Waals surface area (Å²) in [5.74, 6) is 2.76. The molecule has 0 radical (unpaired) electrons. The van der Waals surface area contributed by atoms with Gasteiger partial charge >= 0.3 is 0 Å². The Hall–Kier alpha value is -2.33. The number of ether oxygens (including phenoxy) is 1. The van der Waals surface area contributed by atoms with Gasteiger partial charge in [-0.2, -0.15) is 4.98 Å². The second kappa shape index (κ2) is 12.5. The first-order valence-electron chi connectivity index (χ1n) is 9.75. The van der Waals surface area contributed by atoms with Gasteiger partial charge in [0.1, 0.15) is 5.75 Å². The molecule has 3 aromatic rings. The number of aliphatic imine (C=N–C) groups is 1. The van der Waals surface area contributed by atoms with Gasteiger partial charge in [-0.1, -0.05) is 28.9 Å². The SMILES string of the molecule is CN=C(NCCc1ccc(C)c(OC)c1)NCCc1nc(-c2ccc(Cl)cc2)no1.I. The second-order valence-corrected chi connectivity index (χ2v) is 7.18. The van der Waals surface area contributed by atoms with E-state index >= 15 is 0 Å². The number of rotatable bonds is 8. The molecule has 9 heteroatoms. The van der Waals surface area contributed by atoms with Crippen LogP contribution in [0.15, 0.2) is 52.0 Å². The largest absolute Gasteiger partial charge is 0.496 e. The number of guanidine groups is 1. The zero-order valence-corrected chi connectivity index (χ0v) is 20.9. The quantitative estimate of drug-likeness (QED) is 0.245. The Bertz CT molecular complexity index is 992. The van der Waals surface area contributed by atoms with Crippen molar-refractivity contribution in [2.75, 3.05) is 27.2 Å². The summed E-state index contributed by atoms with van der Waals surface area (Å²) in [5, 5.41) is 11.3. The molecule has 1 aromatic heterocycles. The Morgan fingerprint density at radius 3 is 2.48 bits per heavy atom. The highest BCUT2D eigenvalue weighted by Crippen LogP contribution is 2.19. The van der Waals surface area contributed by atoms with Gasteiger partial charge in [0.15, 0.2) is 5.96 Å². The molecular formula is C22H27ClIN5O2. The van der Waals surface area contributed by atoms with E-state index in [1.807, 2.05) is 19.1 Å². The summed E-state index contributed by atoms with van der Waals surface area (Å²) < 4.78 is 10.7. The molecule has 0 aliphatic heterocycles. The molecule has 7 nitrogen and oxygen atoms in total. The van der Waals surface area contributed by atoms with Gasteiger partial charge < -0.3 is 19.9 Å². The number of hydrogen-bond acceptors (Lipinski definition) is 5. The third-order valence-corrected chi connectivity index (χ3v) is 4.86. The summed E-state index contributed by atoms with van der Waals surface area (Å²) in [7, 11) is 3.44. The predicted octanol–water partition coefficient (Wildman–Crippen LogP) is 4.28. The van der Waals surface area contributed by atoms with Gasteiger partial charge in [0.25, 0.3) is 0 Å². The zero-order valence-electron chi connectivity index (χ0n) is 17.8. The number of hydrogen-bond donors (Lipinski definition) is 2. The van der Waals surface area contributed by atoms with Crippen molar-refractivity contribution in [2.45, 2.75) is 19.8 Å². The maximum absolute atomic E-state index is 5.91. The molecule has 0 saturated carbocycles. The molecule has 0 fully saturated rings. The van der Waals surface area contributed by atoms with E-state index in [1.54, 1.807) is 26.3 Å². The minimum atomic E-state index is 0. The number of methoxy groups -OCH3 is 1. The summed E-state index contributed by atoms with van der Waals surface area (Å²) in [6.07, 6.45) is 1.46. The van der Waals surface area contributed by atoms with E-state index < -0.39 is 0 Å². The van der Waals surface area contributed by atoms with Crippen LogP contribution in [0.3, 0.4) is 0 Å². The Balaban J connectivity index is 0.00000341. The van der Waals surface area contributed by atoms with E-state index in [2.05, 4.69) is 44.0 Å². The summed E-state index contributed by atoms with van der Waals surface area (Å²) in [6, 6.07) is 13.6. The van der Waals surface area contributed by atoms with Gasteiger partial charge in [0, 0.05) is 37.1 Å². The lowest BCUT2D eigenvalue weighted by Gasteiger charge is -2.12. The number of nitrogens with one attached hydrogen (secondary N) is 2. The van der Waals surface area contributed by atoms with Crippen molar-refractivity contribution < 1.29 is 9.26 Å². The van der Waals surface area contributed by atoms with Crippen molar-refractivity contribution in [3.05, 3.63) is 64.5 Å². The molecule has 31 heavy (non-hydrogen) atoms. The minimum Gasteiger partial charge on any atom is -0.496 e. The van der Waals surface area contributed by atoms with Crippen LogP contribution in [0.1, 0.15) is 17.0 Å². The molecule has 2 aromatic carbocycles. The Morgan fingerprint density at radius 1 is 1.10 bits per heavy atom. The summed E-state index contributed by atoms with van der Waals surface area (Å²) in [4.78, 5) is 8.67. The average Bonchev–Trinajstić information content (AvgIpc) is 3.23. The summed E-state index contributed by atoms with van der Waals surface area (Å²) in [5.41, 5.74) is 3.21. The number of benzene rings is 2. The van der Waals surface area contributed by atoms with E-state index in [-0.39, 0.29) is 24.0 Å². The molecule has 3 rings (SSSR count). The molecule has 0 aliphatic rings. The lowest BCUT2D eigenvalue weighted by atomic mass is 10.1. The lowest BCUT2D eigenvalue weighted by Crippen LogP contribution is -2.39. The average molecular weight is 556 g/mol. The molecular weight excluding hydrogens is 529 g/mol. The van der Waals surface area contributed by atoms with Gasteiger partial charge in [0.05, 0.1) is 7.11 Å². The van der Waals surface area contributed by atoms with Crippen molar-refractivity contribution >= 4 is 41.5 Å². The first kappa shape index (κ1) is 24.9. The Morgan fingerprint density at radius 2 is 1.81 bits per heavy atom. The number of aromatic nitrogens is 2. The maximum atomic E-state index is 5.91. The number of nitrogens with zero attached hydrogens (tertiary/aromatic N) is 3. The maximum Gasteiger partial charge on any atom is 0.228 e. The van der Waals surface area contributed by atoms with Crippen LogP contribution in [0.4, 0.5) is 0 Å². The van der Waals surface area contributed by atoms with Crippen LogP contribution in [0.2, 0.25) is 5.02 Å². The Kier molecular flexibility index (Phi) is 10.1. The van der Waals surface area contributed by atoms with E-state index in [0.717, 1.165) is 35.8 Å². The van der Waals surface area contributed by atoms with Crippen LogP contribution in [-0.2, 0) is 12.8 Å². The zero-order chi connectivity index (χ0) is 21.3. The van der Waals surface area contributed by atoms with E-state index in [4.69, 9.17) is 20.9 Å². The fourth-order valence-electron chi connectivity index (χ4n) is 2.93. The van der Waals surface area contributed by atoms with Crippen LogP contribution in [0.25, 0.3) is 11.4 Å². The highest BCUT2D eigenvalue weighted by molar-refractivity contribution is 14.0. The van der Waals surface area contributed by atoms with Crippen LogP contribution >= 0.6 is 35.6 Å². The standard InChI is InChI=1S/C22H26ClN5O2.HI/c1-15-4-5-16(14-19(15)29-3)10-12-25-22(24-2)26-13-11-20-27-21(28-30-20)17-6-8-18(23)9-7-17;/h4-9,14H,10-13H2,1-3H3,(H2,24,25,26);1H. The highest BCUT2D eigenvalue weighted by Gasteiger charge is 2.09. The van der Waals surface area contributed by atoms with Gasteiger partial charge in [-0.05, 0) is 54.8 Å². The normalized spacial score (nSPS) is 11.0. The van der Waals surface area contributed by atoms with Gasteiger partial charge in [-0.15, -0.1) is 24.0 Å². The predicted molar refractivity (Wildman–Crippen MR) is 135 cm³/mol. The van der Waals surface area contributed by atoms with Crippen molar-refractivity contribution in [3.8, 4) is 17.1 Å². The third kappa shape index (κ3) is 7.39. The second-order valence-electron chi connectivity index (χ2n) is 6.75. The monoisotopic (exact) mass is 555 g/mol. The smallest absolute Gasteiger partial charge is 0.228 e. The molecule has 1 heterocycles. The van der Waals surface area contributed by atoms with Crippen LogP contribution < -0.4 is 15.4 Å². The number of aryl methyl sites for hydroxylation is 1. The van der Waals surface area contributed by atoms with Crippen molar-refractivity contribution in [2.24, 2.45) is 4.99 Å². The van der Waals surface area contributed by atoms with Crippen molar-refractivity contribution in [1.82, 2.24) is 20.8 Å².